The maximum absolute atomic E-state index is 12.4. The Morgan fingerprint density at radius 3 is 2.29 bits per heavy atom. The van der Waals surface area contributed by atoms with Gasteiger partial charge in [-0.25, -0.2) is 0 Å². The largest absolute Gasteiger partial charge is 0.483 e. The molecule has 0 aliphatic carbocycles. The van der Waals surface area contributed by atoms with Gasteiger partial charge in [0.1, 0.15) is 5.75 Å². The van der Waals surface area contributed by atoms with Crippen molar-refractivity contribution in [1.82, 2.24) is 0 Å². The average molecular weight is 282 g/mol. The van der Waals surface area contributed by atoms with Gasteiger partial charge in [-0.3, -0.25) is 4.79 Å². The highest BCUT2D eigenvalue weighted by atomic mass is 16.5. The topological polar surface area (TPSA) is 26.3 Å². The van der Waals surface area contributed by atoms with E-state index in [1.807, 2.05) is 42.5 Å². The summed E-state index contributed by atoms with van der Waals surface area (Å²) >= 11 is 0. The minimum absolute atomic E-state index is 0.0135. The number of hydrogen-bond donors (Lipinski definition) is 0. The predicted octanol–water partition coefficient (Wildman–Crippen LogP) is 4.46. The molecular formula is C19H22O2. The van der Waals surface area contributed by atoms with E-state index in [0.717, 1.165) is 18.6 Å². The van der Waals surface area contributed by atoms with Crippen LogP contribution in [0.25, 0.3) is 0 Å². The molecule has 0 spiro atoms. The molecule has 0 bridgehead atoms. The Morgan fingerprint density at radius 1 is 1.00 bits per heavy atom. The molecule has 0 saturated carbocycles. The summed E-state index contributed by atoms with van der Waals surface area (Å²) in [4.78, 5) is 12.4. The molecule has 2 aromatic rings. The lowest BCUT2D eigenvalue weighted by Crippen LogP contribution is -2.23. The van der Waals surface area contributed by atoms with Crippen molar-refractivity contribution in [2.24, 2.45) is 0 Å². The van der Waals surface area contributed by atoms with Gasteiger partial charge in [0, 0.05) is 5.56 Å². The number of carbonyl (C=O) groups excluding carboxylic acids is 1. The lowest BCUT2D eigenvalue weighted by molar-refractivity contribution is 0.0818. The summed E-state index contributed by atoms with van der Waals surface area (Å²) in [6, 6.07) is 15.7. The van der Waals surface area contributed by atoms with Gasteiger partial charge in [-0.2, -0.15) is 0 Å². The summed E-state index contributed by atoms with van der Waals surface area (Å²) in [5, 5.41) is 0. The lowest BCUT2D eigenvalue weighted by Gasteiger charge is -2.14. The van der Waals surface area contributed by atoms with Gasteiger partial charge in [-0.15, -0.1) is 0 Å². The van der Waals surface area contributed by atoms with Crippen molar-refractivity contribution in [3.63, 3.8) is 0 Å². The van der Waals surface area contributed by atoms with Crippen LogP contribution < -0.4 is 4.74 Å². The zero-order chi connectivity index (χ0) is 15.2. The molecule has 0 saturated heterocycles. The second kappa shape index (κ2) is 7.07. The summed E-state index contributed by atoms with van der Waals surface area (Å²) < 4.78 is 5.78. The van der Waals surface area contributed by atoms with Crippen LogP contribution in [-0.4, -0.2) is 11.9 Å². The van der Waals surface area contributed by atoms with Crippen molar-refractivity contribution in [3.8, 4) is 5.75 Å². The molecule has 2 heteroatoms. The minimum atomic E-state index is -0.482. The van der Waals surface area contributed by atoms with Gasteiger partial charge in [-0.05, 0) is 43.0 Å². The van der Waals surface area contributed by atoms with E-state index in [2.05, 4.69) is 19.9 Å². The molecule has 2 aromatic carbocycles. The first kappa shape index (κ1) is 15.3. The molecule has 0 heterocycles. The van der Waals surface area contributed by atoms with Crippen molar-refractivity contribution in [1.29, 1.82) is 0 Å². The molecule has 2 nitrogen and oxygen atoms in total. The highest BCUT2D eigenvalue weighted by molar-refractivity contribution is 5.99. The number of ketones is 1. The molecule has 21 heavy (non-hydrogen) atoms. The smallest absolute Gasteiger partial charge is 0.202 e. The highest BCUT2D eigenvalue weighted by Crippen LogP contribution is 2.17. The molecule has 0 fully saturated rings. The third-order valence-electron chi connectivity index (χ3n) is 3.64. The van der Waals surface area contributed by atoms with E-state index < -0.39 is 6.10 Å². The molecule has 0 aliphatic heterocycles. The summed E-state index contributed by atoms with van der Waals surface area (Å²) in [6.07, 6.45) is 1.45. The van der Waals surface area contributed by atoms with Crippen molar-refractivity contribution in [3.05, 3.63) is 65.2 Å². The molecule has 0 radical (unpaired) electrons. The van der Waals surface area contributed by atoms with Crippen LogP contribution in [-0.2, 0) is 12.8 Å². The second-order valence-corrected chi connectivity index (χ2v) is 5.18. The average Bonchev–Trinajstić information content (AvgIpc) is 2.54. The van der Waals surface area contributed by atoms with Gasteiger partial charge in [-0.1, -0.05) is 50.2 Å². The Bertz CT molecular complexity index is 599. The first-order valence-corrected chi connectivity index (χ1v) is 7.52. The van der Waals surface area contributed by atoms with E-state index in [1.54, 1.807) is 6.92 Å². The third kappa shape index (κ3) is 3.94. The number of benzene rings is 2. The molecule has 1 unspecified atom stereocenters. The number of aryl methyl sites for hydroxylation is 2. The van der Waals surface area contributed by atoms with Crippen LogP contribution >= 0.6 is 0 Å². The molecule has 0 N–H and O–H groups in total. The lowest BCUT2D eigenvalue weighted by atomic mass is 10.0. The van der Waals surface area contributed by atoms with Crippen LogP contribution in [0, 0.1) is 0 Å². The maximum Gasteiger partial charge on any atom is 0.202 e. The first-order valence-electron chi connectivity index (χ1n) is 7.52. The third-order valence-corrected chi connectivity index (χ3v) is 3.64. The molecule has 0 aromatic heterocycles. The van der Waals surface area contributed by atoms with E-state index in [-0.39, 0.29) is 5.78 Å². The summed E-state index contributed by atoms with van der Waals surface area (Å²) in [5.74, 6) is 0.764. The van der Waals surface area contributed by atoms with Gasteiger partial charge in [0.15, 0.2) is 6.10 Å². The van der Waals surface area contributed by atoms with Gasteiger partial charge >= 0.3 is 0 Å². The SMILES string of the molecule is CCc1ccc(C(=O)C(C)Oc2cccc(CC)c2)cc1. The normalized spacial score (nSPS) is 12.0. The van der Waals surface area contributed by atoms with Crippen LogP contribution in [0.4, 0.5) is 0 Å². The van der Waals surface area contributed by atoms with Crippen LogP contribution in [0.5, 0.6) is 5.75 Å². The Labute approximate surface area is 126 Å². The Balaban J connectivity index is 2.07. The van der Waals surface area contributed by atoms with Crippen molar-refractivity contribution >= 4 is 5.78 Å². The number of Topliss-reactive ketones (excluding diaryl/α,β-unsaturated/α-hetero) is 1. The van der Waals surface area contributed by atoms with Gasteiger partial charge < -0.3 is 4.74 Å². The zero-order valence-electron chi connectivity index (χ0n) is 12.9. The fourth-order valence-electron chi connectivity index (χ4n) is 2.24. The molecule has 1 atom stereocenters. The maximum atomic E-state index is 12.4. The minimum Gasteiger partial charge on any atom is -0.483 e. The molecule has 0 aliphatic rings. The van der Waals surface area contributed by atoms with E-state index >= 15 is 0 Å². The van der Waals surface area contributed by atoms with E-state index in [0.29, 0.717) is 5.56 Å². The zero-order valence-corrected chi connectivity index (χ0v) is 12.9. The number of ether oxygens (including phenoxy) is 1. The summed E-state index contributed by atoms with van der Waals surface area (Å²) in [6.45, 7) is 6.00. The van der Waals surface area contributed by atoms with Crippen LogP contribution in [0.2, 0.25) is 0 Å². The quantitative estimate of drug-likeness (QED) is 0.731. The fourth-order valence-corrected chi connectivity index (χ4v) is 2.24. The Kier molecular flexibility index (Phi) is 5.15. The van der Waals surface area contributed by atoms with E-state index in [1.165, 1.54) is 11.1 Å². The molecule has 2 rings (SSSR count). The Morgan fingerprint density at radius 2 is 1.67 bits per heavy atom. The second-order valence-electron chi connectivity index (χ2n) is 5.18. The first-order chi connectivity index (χ1) is 10.1. The number of carbonyl (C=O) groups is 1. The van der Waals surface area contributed by atoms with E-state index in [4.69, 9.17) is 4.74 Å². The molecule has 0 amide bonds. The van der Waals surface area contributed by atoms with E-state index in [9.17, 15) is 4.79 Å². The highest BCUT2D eigenvalue weighted by Gasteiger charge is 2.16. The van der Waals surface area contributed by atoms with Gasteiger partial charge in [0.2, 0.25) is 5.78 Å². The van der Waals surface area contributed by atoms with Crippen LogP contribution in [0.15, 0.2) is 48.5 Å². The standard InChI is InChI=1S/C19H22O2/c1-4-15-9-11-17(12-10-15)19(20)14(3)21-18-8-6-7-16(5-2)13-18/h6-14H,4-5H2,1-3H3. The monoisotopic (exact) mass is 282 g/mol. The Hall–Kier alpha value is -2.09. The predicted molar refractivity (Wildman–Crippen MR) is 86.1 cm³/mol. The summed E-state index contributed by atoms with van der Waals surface area (Å²) in [5.41, 5.74) is 3.14. The fraction of sp³-hybridized carbons (Fsp3) is 0.316. The number of hydrogen-bond acceptors (Lipinski definition) is 2. The molecular weight excluding hydrogens is 260 g/mol. The van der Waals surface area contributed by atoms with Gasteiger partial charge in [0.25, 0.3) is 0 Å². The van der Waals surface area contributed by atoms with Gasteiger partial charge in [0.05, 0.1) is 0 Å². The van der Waals surface area contributed by atoms with Crippen molar-refractivity contribution in [2.75, 3.05) is 0 Å². The van der Waals surface area contributed by atoms with Crippen molar-refractivity contribution < 1.29 is 9.53 Å². The number of rotatable bonds is 6. The summed E-state index contributed by atoms with van der Waals surface area (Å²) in [7, 11) is 0. The van der Waals surface area contributed by atoms with Crippen LogP contribution in [0.1, 0.15) is 42.3 Å². The van der Waals surface area contributed by atoms with Crippen LogP contribution in [0.3, 0.4) is 0 Å². The van der Waals surface area contributed by atoms with Crippen molar-refractivity contribution in [2.45, 2.75) is 39.7 Å². The molecule has 110 valence electrons.